The van der Waals surface area contributed by atoms with Crippen molar-refractivity contribution < 1.29 is 80.2 Å². The second-order valence-electron chi connectivity index (χ2n) is 30.3. The molecular weight excluding hydrogens is 1340 g/mol. The van der Waals surface area contributed by atoms with Crippen LogP contribution in [0, 0.1) is 11.8 Å². The van der Waals surface area contributed by atoms with Crippen molar-refractivity contribution in [3.63, 3.8) is 0 Å². The first kappa shape index (κ1) is 101. The molecule has 0 rings (SSSR count). The van der Waals surface area contributed by atoms with Crippen LogP contribution < -0.4 is 0 Å². The third-order valence-corrected chi connectivity index (χ3v) is 21.3. The minimum atomic E-state index is -4.97. The topological polar surface area (TPSA) is 237 Å². The molecule has 0 saturated carbocycles. The van der Waals surface area contributed by atoms with E-state index in [1.807, 2.05) is 0 Å². The van der Waals surface area contributed by atoms with E-state index in [0.717, 1.165) is 115 Å². The standard InChI is InChI=1S/C84H160O17P2/c1-7-10-12-14-16-18-19-20-25-33-38-44-50-56-62-68-83(88)100-79(72-94-81(86)66-60-54-48-40-17-15-13-11-8-2)74-98-102(90,91)96-70-78(85)71-97-103(92,93)99-75-80(73-95-82(87)67-61-55-49-43-37-32-29-28-31-36-42-47-53-59-65-77(6)9-3)101-84(89)69-63-57-51-45-39-34-27-24-22-21-23-26-30-35-41-46-52-58-64-76(4)5/h18-20,25,76-80,85H,7-17,21-24,26-75H2,1-6H3,(H,90,91)(H,92,93)/b19-18-,25-20-/t77?,78-,79+,80+/m0/s1. The van der Waals surface area contributed by atoms with E-state index in [1.54, 1.807) is 0 Å². The molecule has 19 heteroatoms. The van der Waals surface area contributed by atoms with Gasteiger partial charge in [-0.05, 0) is 63.2 Å². The minimum absolute atomic E-state index is 0.0852. The summed E-state index contributed by atoms with van der Waals surface area (Å²) < 4.78 is 68.7. The van der Waals surface area contributed by atoms with Crippen LogP contribution in [0.5, 0.6) is 0 Å². The maximum absolute atomic E-state index is 13.1. The molecular formula is C84H160O17P2. The summed E-state index contributed by atoms with van der Waals surface area (Å²) in [5.74, 6) is -0.469. The maximum atomic E-state index is 13.1. The second-order valence-corrected chi connectivity index (χ2v) is 33.2. The Morgan fingerprint density at radius 3 is 0.874 bits per heavy atom. The molecule has 103 heavy (non-hydrogen) atoms. The zero-order chi connectivity index (χ0) is 75.6. The van der Waals surface area contributed by atoms with Gasteiger partial charge in [-0.15, -0.1) is 0 Å². The molecule has 608 valence electrons. The fraction of sp³-hybridized carbons (Fsp3) is 0.905. The molecule has 0 aromatic heterocycles. The number of carbonyl (C=O) groups is 4. The summed E-state index contributed by atoms with van der Waals surface area (Å²) >= 11 is 0. The minimum Gasteiger partial charge on any atom is -0.462 e. The molecule has 0 fully saturated rings. The Hall–Kier alpha value is -2.46. The third kappa shape index (κ3) is 76.1. The van der Waals surface area contributed by atoms with Crippen molar-refractivity contribution in [2.45, 2.75) is 439 Å². The Kier molecular flexibility index (Phi) is 73.2. The van der Waals surface area contributed by atoms with E-state index < -0.39 is 97.5 Å². The molecule has 0 aromatic rings. The van der Waals surface area contributed by atoms with Gasteiger partial charge in [-0.3, -0.25) is 37.3 Å². The zero-order valence-electron chi connectivity index (χ0n) is 67.1. The van der Waals surface area contributed by atoms with Gasteiger partial charge in [0.25, 0.3) is 0 Å². The summed E-state index contributed by atoms with van der Waals surface area (Å²) in [5, 5.41) is 10.6. The van der Waals surface area contributed by atoms with Gasteiger partial charge in [0.1, 0.15) is 19.3 Å². The molecule has 0 aliphatic carbocycles. The van der Waals surface area contributed by atoms with Crippen LogP contribution in [0.15, 0.2) is 24.3 Å². The Bertz CT molecular complexity index is 2070. The summed E-state index contributed by atoms with van der Waals surface area (Å²) in [5.41, 5.74) is 0. The lowest BCUT2D eigenvalue weighted by Crippen LogP contribution is -2.30. The van der Waals surface area contributed by atoms with Crippen molar-refractivity contribution in [1.82, 2.24) is 0 Å². The van der Waals surface area contributed by atoms with Gasteiger partial charge < -0.3 is 33.8 Å². The SMILES string of the molecule is CCCCCC/C=C\C=C/CCCCCCCC(=O)O[C@H](COC(=O)CCCCCCCCCCC)COP(=O)(O)OC[C@H](O)COP(=O)(O)OC[C@@H](COC(=O)CCCCCCCCCCCCCCCCC(C)CC)OC(=O)CCCCCCCCCCCCCCCCCCCCC(C)C. The van der Waals surface area contributed by atoms with Crippen molar-refractivity contribution in [1.29, 1.82) is 0 Å². The lowest BCUT2D eigenvalue weighted by molar-refractivity contribution is -0.161. The molecule has 0 bridgehead atoms. The molecule has 17 nitrogen and oxygen atoms in total. The average Bonchev–Trinajstić information content (AvgIpc) is 0.918. The van der Waals surface area contributed by atoms with Crippen molar-refractivity contribution >= 4 is 39.5 Å². The number of allylic oxidation sites excluding steroid dienone is 4. The first-order valence-corrected chi connectivity index (χ1v) is 45.8. The van der Waals surface area contributed by atoms with Crippen LogP contribution in [0.1, 0.15) is 420 Å². The van der Waals surface area contributed by atoms with Crippen molar-refractivity contribution in [3.05, 3.63) is 24.3 Å². The van der Waals surface area contributed by atoms with Crippen LogP contribution >= 0.6 is 15.6 Å². The fourth-order valence-electron chi connectivity index (χ4n) is 12.5. The normalized spacial score (nSPS) is 14.3. The second kappa shape index (κ2) is 75.0. The van der Waals surface area contributed by atoms with Gasteiger partial charge in [0.2, 0.25) is 0 Å². The summed E-state index contributed by atoms with van der Waals surface area (Å²) in [6.45, 7) is 9.66. The van der Waals surface area contributed by atoms with E-state index in [2.05, 4.69) is 65.8 Å². The van der Waals surface area contributed by atoms with Crippen LogP contribution in [0.2, 0.25) is 0 Å². The highest BCUT2D eigenvalue weighted by atomic mass is 31.2. The van der Waals surface area contributed by atoms with Crippen LogP contribution in [0.3, 0.4) is 0 Å². The number of hydrogen-bond donors (Lipinski definition) is 3. The number of unbranched alkanes of at least 4 members (excludes halogenated alkanes) is 47. The molecule has 0 aliphatic rings. The van der Waals surface area contributed by atoms with Gasteiger partial charge in [0.15, 0.2) is 12.2 Å². The number of aliphatic hydroxyl groups is 1. The van der Waals surface area contributed by atoms with Gasteiger partial charge in [-0.25, -0.2) is 9.13 Å². The maximum Gasteiger partial charge on any atom is 0.472 e. The van der Waals surface area contributed by atoms with Gasteiger partial charge in [-0.2, -0.15) is 0 Å². The quantitative estimate of drug-likeness (QED) is 0.0169. The van der Waals surface area contributed by atoms with E-state index in [4.69, 9.17) is 37.0 Å². The number of phosphoric ester groups is 2. The molecule has 0 saturated heterocycles. The largest absolute Gasteiger partial charge is 0.472 e. The van der Waals surface area contributed by atoms with Gasteiger partial charge in [0, 0.05) is 25.7 Å². The number of hydrogen-bond acceptors (Lipinski definition) is 15. The van der Waals surface area contributed by atoms with Crippen LogP contribution in [0.25, 0.3) is 0 Å². The van der Waals surface area contributed by atoms with Crippen LogP contribution in [-0.4, -0.2) is 96.7 Å². The van der Waals surface area contributed by atoms with Crippen molar-refractivity contribution in [2.24, 2.45) is 11.8 Å². The molecule has 0 spiro atoms. The van der Waals surface area contributed by atoms with E-state index in [0.29, 0.717) is 25.7 Å². The molecule has 6 atom stereocenters. The Morgan fingerprint density at radius 1 is 0.320 bits per heavy atom. The Balaban J connectivity index is 5.24. The third-order valence-electron chi connectivity index (χ3n) is 19.4. The average molecular weight is 1500 g/mol. The van der Waals surface area contributed by atoms with Gasteiger partial charge in [0.05, 0.1) is 26.4 Å². The number of ether oxygens (including phenoxy) is 4. The van der Waals surface area contributed by atoms with Crippen LogP contribution in [0.4, 0.5) is 0 Å². The predicted octanol–water partition coefficient (Wildman–Crippen LogP) is 25.0. The summed E-state index contributed by atoms with van der Waals surface area (Å²) in [6, 6.07) is 0. The molecule has 3 N–H and O–H groups in total. The number of aliphatic hydroxyl groups excluding tert-OH is 1. The number of rotatable bonds is 81. The Labute approximate surface area is 631 Å². The molecule has 0 heterocycles. The van der Waals surface area contributed by atoms with E-state index in [-0.39, 0.29) is 25.7 Å². The van der Waals surface area contributed by atoms with E-state index >= 15 is 0 Å². The molecule has 3 unspecified atom stereocenters. The van der Waals surface area contributed by atoms with E-state index in [1.165, 1.54) is 225 Å². The van der Waals surface area contributed by atoms with Gasteiger partial charge >= 0.3 is 39.5 Å². The summed E-state index contributed by atoms with van der Waals surface area (Å²) in [7, 11) is -9.93. The molecule has 0 aliphatic heterocycles. The highest BCUT2D eigenvalue weighted by Gasteiger charge is 2.30. The van der Waals surface area contributed by atoms with Crippen molar-refractivity contribution in [2.75, 3.05) is 39.6 Å². The van der Waals surface area contributed by atoms with E-state index in [9.17, 15) is 43.2 Å². The number of esters is 4. The summed E-state index contributed by atoms with van der Waals surface area (Å²) in [4.78, 5) is 73.0. The lowest BCUT2D eigenvalue weighted by atomic mass is 9.99. The number of carbonyl (C=O) groups excluding carboxylic acids is 4. The van der Waals surface area contributed by atoms with Crippen LogP contribution in [-0.2, 0) is 65.4 Å². The lowest BCUT2D eigenvalue weighted by Gasteiger charge is -2.21. The van der Waals surface area contributed by atoms with Crippen molar-refractivity contribution in [3.8, 4) is 0 Å². The van der Waals surface area contributed by atoms with Gasteiger partial charge in [-0.1, -0.05) is 368 Å². The monoisotopic (exact) mass is 1500 g/mol. The first-order valence-electron chi connectivity index (χ1n) is 42.8. The first-order chi connectivity index (χ1) is 49.9. The smallest absolute Gasteiger partial charge is 0.462 e. The molecule has 0 aromatic carbocycles. The zero-order valence-corrected chi connectivity index (χ0v) is 68.9. The predicted molar refractivity (Wildman–Crippen MR) is 423 cm³/mol. The highest BCUT2D eigenvalue weighted by molar-refractivity contribution is 7.47. The fourth-order valence-corrected chi connectivity index (χ4v) is 14.1. The summed E-state index contributed by atoms with van der Waals surface area (Å²) in [6.07, 6.45) is 68.8. The molecule has 0 amide bonds. The highest BCUT2D eigenvalue weighted by Crippen LogP contribution is 2.45. The Morgan fingerprint density at radius 2 is 0.573 bits per heavy atom. The molecule has 0 radical (unpaired) electrons. The number of phosphoric acid groups is 2.